The van der Waals surface area contributed by atoms with Crippen molar-refractivity contribution in [1.29, 1.82) is 0 Å². The molecule has 3 aromatic rings. The monoisotopic (exact) mass is 335 g/mol. The van der Waals surface area contributed by atoms with Gasteiger partial charge in [0.05, 0.1) is 5.02 Å². The number of fused-ring (bicyclic) bond motifs is 1. The van der Waals surface area contributed by atoms with Gasteiger partial charge in [0.1, 0.15) is 6.10 Å². The van der Waals surface area contributed by atoms with Crippen LogP contribution in [0, 0.1) is 0 Å². The first-order valence-corrected chi connectivity index (χ1v) is 7.02. The predicted molar refractivity (Wildman–Crippen MR) is 81.5 cm³/mol. The van der Waals surface area contributed by atoms with Gasteiger partial charge >= 0.3 is 0 Å². The van der Waals surface area contributed by atoms with Crippen molar-refractivity contribution in [3.63, 3.8) is 0 Å². The summed E-state index contributed by atoms with van der Waals surface area (Å²) in [7, 11) is 0. The number of aromatic amines is 1. The molecule has 0 radical (unpaired) electrons. The average molecular weight is 337 g/mol. The van der Waals surface area contributed by atoms with Crippen LogP contribution in [0.5, 0.6) is 0 Å². The van der Waals surface area contributed by atoms with Crippen LogP contribution in [-0.4, -0.2) is 10.1 Å². The molecule has 0 bridgehead atoms. The van der Waals surface area contributed by atoms with Gasteiger partial charge in [-0.15, -0.1) is 0 Å². The van der Waals surface area contributed by atoms with Crippen molar-refractivity contribution in [2.75, 3.05) is 0 Å². The SMILES string of the molecule is OC(c1ccc(Cl)c(Br)c1)c1ccc2[nH]ccc2c1. The number of rotatable bonds is 2. The number of halogens is 2. The van der Waals surface area contributed by atoms with Crippen LogP contribution in [0.2, 0.25) is 5.02 Å². The average Bonchev–Trinajstić information content (AvgIpc) is 2.88. The van der Waals surface area contributed by atoms with Crippen LogP contribution in [-0.2, 0) is 0 Å². The highest BCUT2D eigenvalue weighted by Crippen LogP contribution is 2.30. The number of aliphatic hydroxyl groups is 1. The first-order valence-electron chi connectivity index (χ1n) is 5.85. The smallest absolute Gasteiger partial charge is 0.104 e. The Kier molecular flexibility index (Phi) is 3.35. The fourth-order valence-electron chi connectivity index (χ4n) is 2.12. The molecule has 0 saturated carbocycles. The molecular formula is C15H11BrClNO. The molecule has 0 aliphatic carbocycles. The van der Waals surface area contributed by atoms with Gasteiger partial charge in [-0.1, -0.05) is 23.7 Å². The van der Waals surface area contributed by atoms with E-state index < -0.39 is 6.10 Å². The van der Waals surface area contributed by atoms with Crippen LogP contribution >= 0.6 is 27.5 Å². The van der Waals surface area contributed by atoms with Crippen LogP contribution in [0.25, 0.3) is 10.9 Å². The Morgan fingerprint density at radius 1 is 1.05 bits per heavy atom. The lowest BCUT2D eigenvalue weighted by atomic mass is 10.0. The van der Waals surface area contributed by atoms with E-state index in [4.69, 9.17) is 11.6 Å². The summed E-state index contributed by atoms with van der Waals surface area (Å²) in [5.74, 6) is 0. The Morgan fingerprint density at radius 2 is 1.79 bits per heavy atom. The Balaban J connectivity index is 2.01. The highest BCUT2D eigenvalue weighted by Gasteiger charge is 2.12. The quantitative estimate of drug-likeness (QED) is 0.701. The van der Waals surface area contributed by atoms with E-state index >= 15 is 0 Å². The van der Waals surface area contributed by atoms with E-state index in [-0.39, 0.29) is 0 Å². The van der Waals surface area contributed by atoms with Gasteiger partial charge in [0, 0.05) is 16.2 Å². The molecule has 0 spiro atoms. The fraction of sp³-hybridized carbons (Fsp3) is 0.0667. The molecule has 1 unspecified atom stereocenters. The van der Waals surface area contributed by atoms with Crippen molar-refractivity contribution >= 4 is 38.4 Å². The van der Waals surface area contributed by atoms with Gasteiger partial charge in [-0.05, 0) is 62.8 Å². The van der Waals surface area contributed by atoms with Gasteiger partial charge in [-0.2, -0.15) is 0 Å². The molecule has 4 heteroatoms. The van der Waals surface area contributed by atoms with Crippen LogP contribution in [0.15, 0.2) is 53.1 Å². The van der Waals surface area contributed by atoms with E-state index in [0.29, 0.717) is 5.02 Å². The van der Waals surface area contributed by atoms with Crippen molar-refractivity contribution in [3.8, 4) is 0 Å². The second-order valence-electron chi connectivity index (χ2n) is 4.40. The summed E-state index contributed by atoms with van der Waals surface area (Å²) in [4.78, 5) is 3.14. The van der Waals surface area contributed by atoms with E-state index in [1.54, 1.807) is 6.07 Å². The molecule has 3 rings (SSSR count). The lowest BCUT2D eigenvalue weighted by Crippen LogP contribution is -1.99. The van der Waals surface area contributed by atoms with Gasteiger partial charge < -0.3 is 10.1 Å². The summed E-state index contributed by atoms with van der Waals surface area (Å²) in [6.45, 7) is 0. The molecule has 0 aliphatic rings. The van der Waals surface area contributed by atoms with Crippen LogP contribution in [0.4, 0.5) is 0 Å². The predicted octanol–water partition coefficient (Wildman–Crippen LogP) is 4.67. The molecule has 2 nitrogen and oxygen atoms in total. The number of hydrogen-bond donors (Lipinski definition) is 2. The maximum atomic E-state index is 10.4. The Hall–Kier alpha value is -1.29. The van der Waals surface area contributed by atoms with E-state index in [1.807, 2.05) is 42.6 Å². The highest BCUT2D eigenvalue weighted by molar-refractivity contribution is 9.10. The minimum absolute atomic E-state index is 0.636. The van der Waals surface area contributed by atoms with Crippen molar-refractivity contribution in [1.82, 2.24) is 4.98 Å². The molecular weight excluding hydrogens is 326 g/mol. The summed E-state index contributed by atoms with van der Waals surface area (Å²) in [5.41, 5.74) is 2.74. The number of aliphatic hydroxyl groups excluding tert-OH is 1. The number of aromatic nitrogens is 1. The van der Waals surface area contributed by atoms with Crippen molar-refractivity contribution in [2.45, 2.75) is 6.10 Å². The van der Waals surface area contributed by atoms with Gasteiger partial charge in [0.15, 0.2) is 0 Å². The van der Waals surface area contributed by atoms with Crippen molar-refractivity contribution < 1.29 is 5.11 Å². The third-order valence-electron chi connectivity index (χ3n) is 3.15. The second-order valence-corrected chi connectivity index (χ2v) is 5.66. The van der Waals surface area contributed by atoms with E-state index in [2.05, 4.69) is 20.9 Å². The maximum Gasteiger partial charge on any atom is 0.104 e. The van der Waals surface area contributed by atoms with Gasteiger partial charge in [0.25, 0.3) is 0 Å². The van der Waals surface area contributed by atoms with E-state index in [1.165, 1.54) is 0 Å². The molecule has 1 heterocycles. The van der Waals surface area contributed by atoms with Crippen molar-refractivity contribution in [3.05, 3.63) is 69.3 Å². The molecule has 96 valence electrons. The van der Waals surface area contributed by atoms with E-state index in [0.717, 1.165) is 26.5 Å². The molecule has 1 aromatic heterocycles. The Bertz CT molecular complexity index is 738. The topological polar surface area (TPSA) is 36.0 Å². The first-order chi connectivity index (χ1) is 9.15. The second kappa shape index (κ2) is 5.00. The number of hydrogen-bond acceptors (Lipinski definition) is 1. The molecule has 0 saturated heterocycles. The number of benzene rings is 2. The number of nitrogens with one attached hydrogen (secondary N) is 1. The van der Waals surface area contributed by atoms with Gasteiger partial charge in [-0.3, -0.25) is 0 Å². The zero-order valence-electron chi connectivity index (χ0n) is 9.90. The lowest BCUT2D eigenvalue weighted by molar-refractivity contribution is 0.220. The largest absolute Gasteiger partial charge is 0.384 e. The molecule has 0 aliphatic heterocycles. The van der Waals surface area contributed by atoms with Crippen LogP contribution in [0.1, 0.15) is 17.2 Å². The zero-order valence-corrected chi connectivity index (χ0v) is 12.2. The normalized spacial score (nSPS) is 12.8. The van der Waals surface area contributed by atoms with Gasteiger partial charge in [-0.25, -0.2) is 0 Å². The minimum Gasteiger partial charge on any atom is -0.384 e. The first kappa shape index (κ1) is 12.7. The molecule has 0 fully saturated rings. The fourth-order valence-corrected chi connectivity index (χ4v) is 2.63. The highest BCUT2D eigenvalue weighted by atomic mass is 79.9. The molecule has 1 atom stereocenters. The summed E-state index contributed by atoms with van der Waals surface area (Å²) < 4.78 is 0.786. The summed E-state index contributed by atoms with van der Waals surface area (Å²) in [5, 5.41) is 12.2. The standard InChI is InChI=1S/C15H11BrClNO/c16-12-8-11(1-3-13(12)17)15(19)10-2-4-14-9(7-10)5-6-18-14/h1-8,15,18-19H. The Labute approximate surface area is 124 Å². The van der Waals surface area contributed by atoms with E-state index in [9.17, 15) is 5.11 Å². The Morgan fingerprint density at radius 3 is 2.58 bits per heavy atom. The number of H-pyrrole nitrogens is 1. The lowest BCUT2D eigenvalue weighted by Gasteiger charge is -2.12. The van der Waals surface area contributed by atoms with Crippen LogP contribution < -0.4 is 0 Å². The molecule has 19 heavy (non-hydrogen) atoms. The van der Waals surface area contributed by atoms with Crippen LogP contribution in [0.3, 0.4) is 0 Å². The summed E-state index contributed by atoms with van der Waals surface area (Å²) in [6.07, 6.45) is 1.23. The van der Waals surface area contributed by atoms with Crippen molar-refractivity contribution in [2.24, 2.45) is 0 Å². The third kappa shape index (κ3) is 2.41. The molecule has 0 amide bonds. The maximum absolute atomic E-state index is 10.4. The van der Waals surface area contributed by atoms with Gasteiger partial charge in [0.2, 0.25) is 0 Å². The summed E-state index contributed by atoms with van der Waals surface area (Å²) in [6, 6.07) is 13.3. The minimum atomic E-state index is -0.659. The summed E-state index contributed by atoms with van der Waals surface area (Å²) >= 11 is 9.33. The molecule has 2 N–H and O–H groups in total. The molecule has 2 aromatic carbocycles. The zero-order chi connectivity index (χ0) is 13.4. The third-order valence-corrected chi connectivity index (χ3v) is 4.37.